The third-order valence-electron chi connectivity index (χ3n) is 2.70. The number of ether oxygens (including phenoxy) is 1. The molecule has 0 atom stereocenters. The predicted molar refractivity (Wildman–Crippen MR) is 74.0 cm³/mol. The van der Waals surface area contributed by atoms with E-state index in [1.165, 1.54) is 16.0 Å². The van der Waals surface area contributed by atoms with Crippen LogP contribution < -0.4 is 10.5 Å². The summed E-state index contributed by atoms with van der Waals surface area (Å²) in [5.41, 5.74) is 9.26. The Morgan fingerprint density at radius 3 is 3.06 bits per heavy atom. The van der Waals surface area contributed by atoms with Crippen LogP contribution in [0.25, 0.3) is 11.3 Å². The third-order valence-corrected chi connectivity index (χ3v) is 4.43. The second-order valence-electron chi connectivity index (χ2n) is 3.64. The highest BCUT2D eigenvalue weighted by molar-refractivity contribution is 14.1. The SMILES string of the molecule is COc1cc2c(cc1I)-c1nc(N)sc1C2. The maximum absolute atomic E-state index is 5.72. The lowest BCUT2D eigenvalue weighted by Gasteiger charge is -2.06. The molecule has 82 valence electrons. The molecule has 3 rings (SSSR count). The lowest BCUT2D eigenvalue weighted by atomic mass is 10.1. The van der Waals surface area contributed by atoms with Gasteiger partial charge in [0.05, 0.1) is 16.4 Å². The molecule has 0 aliphatic heterocycles. The van der Waals surface area contributed by atoms with Crippen LogP contribution in [0.15, 0.2) is 12.1 Å². The first-order valence-corrected chi connectivity index (χ1v) is 6.70. The Kier molecular flexibility index (Phi) is 2.32. The summed E-state index contributed by atoms with van der Waals surface area (Å²) in [6.45, 7) is 0. The standard InChI is InChI=1S/C11H9IN2OS/c1-15-8-2-5-3-9-10(14-11(13)16-9)6(5)4-7(8)12/h2,4H,3H2,1H3,(H2,13,14). The van der Waals surface area contributed by atoms with E-state index >= 15 is 0 Å². The maximum atomic E-state index is 5.72. The van der Waals surface area contributed by atoms with Crippen LogP contribution in [0.1, 0.15) is 10.4 Å². The molecule has 1 aromatic carbocycles. The minimum absolute atomic E-state index is 0.654. The molecule has 0 fully saturated rings. The Hall–Kier alpha value is -0.820. The molecule has 0 radical (unpaired) electrons. The molecule has 16 heavy (non-hydrogen) atoms. The summed E-state index contributed by atoms with van der Waals surface area (Å²) in [6.07, 6.45) is 0.923. The van der Waals surface area contributed by atoms with Crippen molar-refractivity contribution in [3.8, 4) is 17.0 Å². The van der Waals surface area contributed by atoms with Gasteiger partial charge in [0.15, 0.2) is 5.13 Å². The Labute approximate surface area is 111 Å². The van der Waals surface area contributed by atoms with Gasteiger partial charge in [-0.15, -0.1) is 11.3 Å². The molecule has 0 unspecified atom stereocenters. The largest absolute Gasteiger partial charge is 0.496 e. The summed E-state index contributed by atoms with van der Waals surface area (Å²) in [6, 6.07) is 4.22. The molecule has 3 nitrogen and oxygen atoms in total. The molecule has 1 aliphatic rings. The summed E-state index contributed by atoms with van der Waals surface area (Å²) in [4.78, 5) is 5.64. The van der Waals surface area contributed by atoms with E-state index in [1.807, 2.05) is 0 Å². The van der Waals surface area contributed by atoms with E-state index in [9.17, 15) is 0 Å². The van der Waals surface area contributed by atoms with Crippen molar-refractivity contribution in [1.29, 1.82) is 0 Å². The van der Waals surface area contributed by atoms with Crippen molar-refractivity contribution >= 4 is 39.1 Å². The molecule has 1 aromatic heterocycles. The van der Waals surface area contributed by atoms with Gasteiger partial charge in [-0.3, -0.25) is 0 Å². The van der Waals surface area contributed by atoms with Crippen LogP contribution in [0.4, 0.5) is 5.13 Å². The average Bonchev–Trinajstić information content (AvgIpc) is 2.74. The summed E-state index contributed by atoms with van der Waals surface area (Å²) in [5.74, 6) is 0.933. The number of rotatable bonds is 1. The number of hydrogen-bond donors (Lipinski definition) is 1. The van der Waals surface area contributed by atoms with Crippen LogP contribution in [0.2, 0.25) is 0 Å². The number of benzene rings is 1. The molecule has 2 aromatic rings. The lowest BCUT2D eigenvalue weighted by Crippen LogP contribution is -1.91. The third kappa shape index (κ3) is 1.41. The quantitative estimate of drug-likeness (QED) is 0.691. The number of aromatic nitrogens is 1. The van der Waals surface area contributed by atoms with Gasteiger partial charge in [-0.1, -0.05) is 0 Å². The van der Waals surface area contributed by atoms with Crippen LogP contribution in [0, 0.1) is 3.57 Å². The van der Waals surface area contributed by atoms with E-state index in [1.54, 1.807) is 18.4 Å². The van der Waals surface area contributed by atoms with Gasteiger partial charge < -0.3 is 10.5 Å². The molecular weight excluding hydrogens is 335 g/mol. The second kappa shape index (κ2) is 3.59. The Morgan fingerprint density at radius 1 is 1.50 bits per heavy atom. The van der Waals surface area contributed by atoms with Crippen LogP contribution in [-0.2, 0) is 6.42 Å². The fraction of sp³-hybridized carbons (Fsp3) is 0.182. The van der Waals surface area contributed by atoms with Crippen molar-refractivity contribution in [1.82, 2.24) is 4.98 Å². The minimum atomic E-state index is 0.654. The number of anilines is 1. The zero-order chi connectivity index (χ0) is 11.3. The number of methoxy groups -OCH3 is 1. The van der Waals surface area contributed by atoms with Crippen LogP contribution in [-0.4, -0.2) is 12.1 Å². The van der Waals surface area contributed by atoms with Crippen LogP contribution in [0.5, 0.6) is 5.75 Å². The van der Waals surface area contributed by atoms with Crippen LogP contribution >= 0.6 is 33.9 Å². The lowest BCUT2D eigenvalue weighted by molar-refractivity contribution is 0.411. The van der Waals surface area contributed by atoms with Crippen molar-refractivity contribution in [3.63, 3.8) is 0 Å². The maximum Gasteiger partial charge on any atom is 0.180 e. The Morgan fingerprint density at radius 2 is 2.31 bits per heavy atom. The summed E-state index contributed by atoms with van der Waals surface area (Å²) >= 11 is 3.85. The number of nitrogens with two attached hydrogens (primary N) is 1. The van der Waals surface area contributed by atoms with E-state index in [-0.39, 0.29) is 0 Å². The minimum Gasteiger partial charge on any atom is -0.496 e. The molecule has 0 bridgehead atoms. The van der Waals surface area contributed by atoms with E-state index in [2.05, 4.69) is 39.7 Å². The normalized spacial score (nSPS) is 12.4. The smallest absolute Gasteiger partial charge is 0.180 e. The monoisotopic (exact) mass is 344 g/mol. The first kappa shape index (κ1) is 10.3. The number of hydrogen-bond acceptors (Lipinski definition) is 4. The molecule has 0 saturated heterocycles. The second-order valence-corrected chi connectivity index (χ2v) is 5.92. The van der Waals surface area contributed by atoms with E-state index in [0.29, 0.717) is 5.13 Å². The van der Waals surface area contributed by atoms with Gasteiger partial charge >= 0.3 is 0 Å². The Balaban J connectivity index is 2.20. The van der Waals surface area contributed by atoms with Gasteiger partial charge in [-0.25, -0.2) is 4.98 Å². The first-order valence-electron chi connectivity index (χ1n) is 4.81. The summed E-state index contributed by atoms with van der Waals surface area (Å²) in [5, 5.41) is 0.654. The molecule has 1 aliphatic carbocycles. The molecule has 0 saturated carbocycles. The highest BCUT2D eigenvalue weighted by Gasteiger charge is 2.24. The molecule has 0 spiro atoms. The van der Waals surface area contributed by atoms with Crippen molar-refractivity contribution < 1.29 is 4.74 Å². The number of thiazole rings is 1. The number of halogens is 1. The Bertz CT molecular complexity index is 580. The highest BCUT2D eigenvalue weighted by Crippen LogP contribution is 2.42. The zero-order valence-electron chi connectivity index (χ0n) is 8.58. The fourth-order valence-electron chi connectivity index (χ4n) is 1.99. The number of fused-ring (bicyclic) bond motifs is 3. The topological polar surface area (TPSA) is 48.1 Å². The summed E-state index contributed by atoms with van der Waals surface area (Å²) < 4.78 is 6.43. The zero-order valence-corrected chi connectivity index (χ0v) is 11.6. The van der Waals surface area contributed by atoms with E-state index < -0.39 is 0 Å². The van der Waals surface area contributed by atoms with Gasteiger partial charge in [-0.05, 0) is 40.3 Å². The summed E-state index contributed by atoms with van der Waals surface area (Å²) in [7, 11) is 1.70. The molecule has 5 heteroatoms. The van der Waals surface area contributed by atoms with Gasteiger partial charge in [-0.2, -0.15) is 0 Å². The van der Waals surface area contributed by atoms with E-state index in [0.717, 1.165) is 21.4 Å². The van der Waals surface area contributed by atoms with Crippen molar-refractivity contribution in [2.75, 3.05) is 12.8 Å². The highest BCUT2D eigenvalue weighted by atomic mass is 127. The predicted octanol–water partition coefficient (Wildman–Crippen LogP) is 2.91. The molecule has 1 heterocycles. The van der Waals surface area contributed by atoms with Crippen molar-refractivity contribution in [3.05, 3.63) is 26.1 Å². The van der Waals surface area contributed by atoms with E-state index in [4.69, 9.17) is 10.5 Å². The number of nitrogens with zero attached hydrogens (tertiary/aromatic N) is 1. The van der Waals surface area contributed by atoms with Crippen LogP contribution in [0.3, 0.4) is 0 Å². The van der Waals surface area contributed by atoms with Gasteiger partial charge in [0, 0.05) is 16.9 Å². The fourth-order valence-corrected chi connectivity index (χ4v) is 3.55. The van der Waals surface area contributed by atoms with Crippen molar-refractivity contribution in [2.45, 2.75) is 6.42 Å². The van der Waals surface area contributed by atoms with Gasteiger partial charge in [0.1, 0.15) is 5.75 Å². The number of nitrogen functional groups attached to an aromatic ring is 1. The van der Waals surface area contributed by atoms with Gasteiger partial charge in [0.25, 0.3) is 0 Å². The molecular formula is C11H9IN2OS. The molecule has 0 amide bonds. The molecule has 2 N–H and O–H groups in total. The van der Waals surface area contributed by atoms with Crippen molar-refractivity contribution in [2.24, 2.45) is 0 Å². The first-order chi connectivity index (χ1) is 7.69. The van der Waals surface area contributed by atoms with Gasteiger partial charge in [0.2, 0.25) is 0 Å². The average molecular weight is 344 g/mol.